The lowest BCUT2D eigenvalue weighted by molar-refractivity contribution is -0.146. The maximum atomic E-state index is 13.0. The van der Waals surface area contributed by atoms with E-state index in [1.165, 1.54) is 22.2 Å². The maximum absolute atomic E-state index is 13.0. The number of carbonyl (C=O) groups excluding carboxylic acids is 1. The van der Waals surface area contributed by atoms with Crippen molar-refractivity contribution in [2.24, 2.45) is 5.92 Å². The molecule has 2 aromatic rings. The molecular formula is C18H21N3O2. The molecule has 0 saturated carbocycles. The molecule has 1 amide bonds. The topological polar surface area (TPSA) is 48.6 Å². The third-order valence-corrected chi connectivity index (χ3v) is 5.91. The molecule has 4 heterocycles. The molecule has 1 aromatic carbocycles. The van der Waals surface area contributed by atoms with E-state index < -0.39 is 0 Å². The second-order valence-electron chi connectivity index (χ2n) is 7.05. The number of H-pyrrole nitrogens is 1. The van der Waals surface area contributed by atoms with Crippen molar-refractivity contribution in [3.63, 3.8) is 0 Å². The van der Waals surface area contributed by atoms with Gasteiger partial charge in [0.25, 0.3) is 0 Å². The summed E-state index contributed by atoms with van der Waals surface area (Å²) >= 11 is 0. The first-order valence-corrected chi connectivity index (χ1v) is 8.44. The van der Waals surface area contributed by atoms with Crippen LogP contribution in [0, 0.1) is 5.92 Å². The van der Waals surface area contributed by atoms with Gasteiger partial charge in [-0.2, -0.15) is 5.06 Å². The predicted octanol–water partition coefficient (Wildman–Crippen LogP) is 2.25. The van der Waals surface area contributed by atoms with Crippen LogP contribution in [0.2, 0.25) is 0 Å². The molecule has 4 atom stereocenters. The zero-order valence-corrected chi connectivity index (χ0v) is 13.5. The van der Waals surface area contributed by atoms with E-state index in [9.17, 15) is 4.79 Å². The first-order valence-electron chi connectivity index (χ1n) is 8.44. The van der Waals surface area contributed by atoms with Crippen LogP contribution in [-0.2, 0) is 16.1 Å². The fourth-order valence-corrected chi connectivity index (χ4v) is 4.85. The Morgan fingerprint density at radius 1 is 1.30 bits per heavy atom. The van der Waals surface area contributed by atoms with E-state index in [4.69, 9.17) is 4.84 Å². The summed E-state index contributed by atoms with van der Waals surface area (Å²) in [6.07, 6.45) is 1.85. The predicted molar refractivity (Wildman–Crippen MR) is 86.7 cm³/mol. The summed E-state index contributed by atoms with van der Waals surface area (Å²) in [6, 6.07) is 8.78. The van der Waals surface area contributed by atoms with E-state index in [0.717, 1.165) is 19.4 Å². The van der Waals surface area contributed by atoms with E-state index in [-0.39, 0.29) is 30.0 Å². The average Bonchev–Trinajstić information content (AvgIpc) is 3.06. The molecule has 23 heavy (non-hydrogen) atoms. The van der Waals surface area contributed by atoms with Gasteiger partial charge in [0.15, 0.2) is 0 Å². The van der Waals surface area contributed by atoms with E-state index in [2.05, 4.69) is 34.1 Å². The largest absolute Gasteiger partial charge is 0.356 e. The highest BCUT2D eigenvalue weighted by molar-refractivity contribution is 5.87. The SMILES string of the molecule is C[C@@H]1ON(C)[C@H]2C[C@H]3c4[nH]c5ccccc5c4CCN3C(=O)[C@@H]12. The number of aromatic amines is 1. The second-order valence-corrected chi connectivity index (χ2v) is 7.05. The number of para-hydroxylation sites is 1. The summed E-state index contributed by atoms with van der Waals surface area (Å²) in [6.45, 7) is 2.83. The van der Waals surface area contributed by atoms with Crippen LogP contribution in [0.3, 0.4) is 0 Å². The molecule has 5 heteroatoms. The van der Waals surface area contributed by atoms with Crippen molar-refractivity contribution in [2.45, 2.75) is 38.0 Å². The van der Waals surface area contributed by atoms with Gasteiger partial charge in [-0.3, -0.25) is 9.63 Å². The summed E-state index contributed by atoms with van der Waals surface area (Å²) in [5.74, 6) is 0.231. The van der Waals surface area contributed by atoms with E-state index in [0.29, 0.717) is 0 Å². The second kappa shape index (κ2) is 4.58. The molecule has 0 bridgehead atoms. The van der Waals surface area contributed by atoms with Gasteiger partial charge in [0.05, 0.1) is 24.1 Å². The van der Waals surface area contributed by atoms with Crippen LogP contribution in [0.5, 0.6) is 0 Å². The monoisotopic (exact) mass is 311 g/mol. The number of nitrogens with one attached hydrogen (secondary N) is 1. The molecule has 2 fully saturated rings. The van der Waals surface area contributed by atoms with Gasteiger partial charge in [-0.25, -0.2) is 0 Å². The number of hydrogen-bond acceptors (Lipinski definition) is 3. The summed E-state index contributed by atoms with van der Waals surface area (Å²) in [5, 5.41) is 3.21. The lowest BCUT2D eigenvalue weighted by Gasteiger charge is -2.44. The number of aromatic nitrogens is 1. The van der Waals surface area contributed by atoms with Gasteiger partial charge in [0.2, 0.25) is 5.91 Å². The minimum atomic E-state index is -0.0258. The van der Waals surface area contributed by atoms with Gasteiger partial charge in [-0.15, -0.1) is 0 Å². The summed E-state index contributed by atoms with van der Waals surface area (Å²) in [7, 11) is 1.96. The molecule has 3 aliphatic rings. The fraction of sp³-hybridized carbons (Fsp3) is 0.500. The molecule has 0 spiro atoms. The zero-order chi connectivity index (χ0) is 15.7. The van der Waals surface area contributed by atoms with Crippen LogP contribution >= 0.6 is 0 Å². The Morgan fingerprint density at radius 2 is 2.13 bits per heavy atom. The lowest BCUT2D eigenvalue weighted by atomic mass is 9.81. The van der Waals surface area contributed by atoms with Gasteiger partial charge in [-0.1, -0.05) is 18.2 Å². The van der Waals surface area contributed by atoms with Gasteiger partial charge in [-0.05, 0) is 31.4 Å². The standard InChI is InChI=1S/C18H21N3O2/c1-10-16-14(20(2)23-10)9-15-17-12(7-8-21(15)18(16)22)11-5-3-4-6-13(11)19-17/h3-6,10,14-16,19H,7-9H2,1-2H3/t10-,14-,15-,16-/m0/s1. The van der Waals surface area contributed by atoms with Crippen LogP contribution in [0.25, 0.3) is 10.9 Å². The normalized spacial score (nSPS) is 33.7. The smallest absolute Gasteiger partial charge is 0.230 e. The Kier molecular flexibility index (Phi) is 2.71. The van der Waals surface area contributed by atoms with Gasteiger partial charge < -0.3 is 9.88 Å². The number of rotatable bonds is 0. The summed E-state index contributed by atoms with van der Waals surface area (Å²) in [4.78, 5) is 24.5. The average molecular weight is 311 g/mol. The minimum absolute atomic E-state index is 0.0254. The molecule has 0 aliphatic carbocycles. The van der Waals surface area contributed by atoms with Crippen molar-refractivity contribution in [1.29, 1.82) is 0 Å². The minimum Gasteiger partial charge on any atom is -0.356 e. The van der Waals surface area contributed by atoms with Crippen molar-refractivity contribution in [3.8, 4) is 0 Å². The third kappa shape index (κ3) is 1.72. The first-order chi connectivity index (χ1) is 11.1. The number of fused-ring (bicyclic) bond motifs is 6. The zero-order valence-electron chi connectivity index (χ0n) is 13.5. The van der Waals surface area contributed by atoms with Crippen molar-refractivity contribution in [3.05, 3.63) is 35.5 Å². The van der Waals surface area contributed by atoms with Crippen LogP contribution in [0.15, 0.2) is 24.3 Å². The molecule has 0 radical (unpaired) electrons. The number of amides is 1. The highest BCUT2D eigenvalue weighted by atomic mass is 16.7. The summed E-state index contributed by atoms with van der Waals surface area (Å²) < 4.78 is 0. The fourth-order valence-electron chi connectivity index (χ4n) is 4.85. The van der Waals surface area contributed by atoms with Crippen LogP contribution < -0.4 is 0 Å². The Hall–Kier alpha value is -1.85. The molecule has 5 nitrogen and oxygen atoms in total. The summed E-state index contributed by atoms with van der Waals surface area (Å²) in [5.41, 5.74) is 3.80. The Morgan fingerprint density at radius 3 is 3.00 bits per heavy atom. The molecule has 2 saturated heterocycles. The van der Waals surface area contributed by atoms with Crippen LogP contribution in [-0.4, -0.2) is 46.6 Å². The highest BCUT2D eigenvalue weighted by Gasteiger charge is 2.52. The number of carbonyl (C=O) groups is 1. The van der Waals surface area contributed by atoms with Crippen molar-refractivity contribution >= 4 is 16.8 Å². The van der Waals surface area contributed by atoms with Crippen molar-refractivity contribution < 1.29 is 9.63 Å². The van der Waals surface area contributed by atoms with E-state index in [1.54, 1.807) is 0 Å². The molecule has 1 N–H and O–H groups in total. The molecule has 3 aliphatic heterocycles. The molecule has 120 valence electrons. The van der Waals surface area contributed by atoms with Crippen molar-refractivity contribution in [1.82, 2.24) is 14.9 Å². The molecule has 0 unspecified atom stereocenters. The first kappa shape index (κ1) is 13.6. The van der Waals surface area contributed by atoms with E-state index in [1.807, 2.05) is 19.0 Å². The van der Waals surface area contributed by atoms with Gasteiger partial charge >= 0.3 is 0 Å². The number of nitrogens with zero attached hydrogens (tertiary/aromatic N) is 2. The number of hydrogen-bond donors (Lipinski definition) is 1. The Balaban J connectivity index is 1.61. The quantitative estimate of drug-likeness (QED) is 0.812. The van der Waals surface area contributed by atoms with Gasteiger partial charge in [0.1, 0.15) is 0 Å². The number of hydroxylamine groups is 2. The Bertz CT molecular complexity index is 799. The molecule has 1 aromatic heterocycles. The number of benzene rings is 1. The van der Waals surface area contributed by atoms with Crippen LogP contribution in [0.4, 0.5) is 0 Å². The maximum Gasteiger partial charge on any atom is 0.230 e. The molecule has 5 rings (SSSR count). The highest BCUT2D eigenvalue weighted by Crippen LogP contribution is 2.45. The van der Waals surface area contributed by atoms with Crippen LogP contribution in [0.1, 0.15) is 30.6 Å². The van der Waals surface area contributed by atoms with Crippen molar-refractivity contribution in [2.75, 3.05) is 13.6 Å². The third-order valence-electron chi connectivity index (χ3n) is 5.91. The van der Waals surface area contributed by atoms with Gasteiger partial charge in [0, 0.05) is 30.2 Å². The lowest BCUT2D eigenvalue weighted by Crippen LogP contribution is -2.54. The Labute approximate surface area is 135 Å². The number of piperidine rings is 1. The van der Waals surface area contributed by atoms with E-state index >= 15 is 0 Å². The molecular weight excluding hydrogens is 290 g/mol.